The Morgan fingerprint density at radius 1 is 1.38 bits per heavy atom. The third-order valence-corrected chi connectivity index (χ3v) is 3.08. The normalized spacial score (nSPS) is 10.4. The first kappa shape index (κ1) is 15.3. The van der Waals surface area contributed by atoms with Gasteiger partial charge in [-0.05, 0) is 36.8 Å². The van der Waals surface area contributed by atoms with Crippen molar-refractivity contribution in [1.82, 2.24) is 4.98 Å². The highest BCUT2D eigenvalue weighted by atomic mass is 35.5. The number of carbonyl (C=O) groups is 1. The van der Waals surface area contributed by atoms with Crippen LogP contribution in [0.4, 0.5) is 15.9 Å². The van der Waals surface area contributed by atoms with Crippen LogP contribution in [-0.4, -0.2) is 10.9 Å². The molecule has 0 radical (unpaired) electrons. The molecular weight excluding hydrogens is 293 g/mol. The number of carbonyl (C=O) groups excluding carboxylic acids is 1. The fourth-order valence-corrected chi connectivity index (χ4v) is 2.07. The lowest BCUT2D eigenvalue weighted by Gasteiger charge is -2.08. The first-order valence-corrected chi connectivity index (χ1v) is 6.90. The predicted octanol–water partition coefficient (Wildman–Crippen LogP) is 3.66. The number of aromatic nitrogens is 1. The highest BCUT2D eigenvalue weighted by Gasteiger charge is 2.12. The van der Waals surface area contributed by atoms with Crippen molar-refractivity contribution in [2.24, 2.45) is 0 Å². The molecule has 0 aliphatic rings. The first-order chi connectivity index (χ1) is 9.99. The lowest BCUT2D eigenvalue weighted by atomic mass is 10.1. The van der Waals surface area contributed by atoms with Gasteiger partial charge in [0.15, 0.2) is 0 Å². The van der Waals surface area contributed by atoms with E-state index in [0.717, 1.165) is 24.6 Å². The SMILES string of the molecule is CCCc1cc(C(=O)Nc2ccc(Cl)cc2F)cc(N)n1. The molecule has 1 heterocycles. The maximum atomic E-state index is 13.7. The number of nitrogen functional groups attached to an aromatic ring is 1. The third-order valence-electron chi connectivity index (χ3n) is 2.85. The third kappa shape index (κ3) is 3.92. The van der Waals surface area contributed by atoms with Crippen LogP contribution in [0.3, 0.4) is 0 Å². The molecule has 1 aromatic carbocycles. The number of aryl methyl sites for hydroxylation is 1. The molecule has 3 N–H and O–H groups in total. The summed E-state index contributed by atoms with van der Waals surface area (Å²) < 4.78 is 13.7. The first-order valence-electron chi connectivity index (χ1n) is 6.52. The number of anilines is 2. The number of nitrogens with one attached hydrogen (secondary N) is 1. The van der Waals surface area contributed by atoms with Gasteiger partial charge in [0, 0.05) is 16.3 Å². The molecule has 0 aliphatic heterocycles. The van der Waals surface area contributed by atoms with Gasteiger partial charge in [-0.3, -0.25) is 4.79 Å². The highest BCUT2D eigenvalue weighted by Crippen LogP contribution is 2.20. The number of hydrogen-bond donors (Lipinski definition) is 2. The van der Waals surface area contributed by atoms with Gasteiger partial charge < -0.3 is 11.1 Å². The van der Waals surface area contributed by atoms with Crippen LogP contribution in [0, 0.1) is 5.82 Å². The molecule has 0 unspecified atom stereocenters. The van der Waals surface area contributed by atoms with Crippen LogP contribution in [0.15, 0.2) is 30.3 Å². The Labute approximate surface area is 127 Å². The number of nitrogens with zero attached hydrogens (tertiary/aromatic N) is 1. The molecule has 0 saturated carbocycles. The molecule has 2 aromatic rings. The standard InChI is InChI=1S/C15H15ClFN3O/c1-2-3-11-6-9(7-14(18)19-11)15(21)20-13-5-4-10(16)8-12(13)17/h4-8H,2-3H2,1H3,(H2,18,19)(H,20,21). The average Bonchev–Trinajstić information content (AvgIpc) is 2.41. The molecular formula is C15H15ClFN3O. The highest BCUT2D eigenvalue weighted by molar-refractivity contribution is 6.30. The van der Waals surface area contributed by atoms with Crippen molar-refractivity contribution in [3.05, 3.63) is 52.4 Å². The Balaban J connectivity index is 2.23. The lowest BCUT2D eigenvalue weighted by molar-refractivity contribution is 0.102. The summed E-state index contributed by atoms with van der Waals surface area (Å²) in [6, 6.07) is 7.17. The number of nitrogens with two attached hydrogens (primary N) is 1. The summed E-state index contributed by atoms with van der Waals surface area (Å²) >= 11 is 5.67. The molecule has 1 aromatic heterocycles. The molecule has 1 amide bonds. The Morgan fingerprint density at radius 2 is 2.14 bits per heavy atom. The Morgan fingerprint density at radius 3 is 2.81 bits per heavy atom. The summed E-state index contributed by atoms with van der Waals surface area (Å²) in [7, 11) is 0. The molecule has 6 heteroatoms. The van der Waals surface area contributed by atoms with Crippen molar-refractivity contribution in [3.8, 4) is 0 Å². The minimum atomic E-state index is -0.591. The molecule has 2 rings (SSSR count). The second-order valence-electron chi connectivity index (χ2n) is 4.60. The van der Waals surface area contributed by atoms with Crippen LogP contribution < -0.4 is 11.1 Å². The number of amides is 1. The summed E-state index contributed by atoms with van der Waals surface area (Å²) in [5.74, 6) is -0.767. The molecule has 0 bridgehead atoms. The van der Waals surface area contributed by atoms with Crippen LogP contribution in [-0.2, 0) is 6.42 Å². The van der Waals surface area contributed by atoms with Crippen LogP contribution in [0.1, 0.15) is 29.4 Å². The number of pyridine rings is 1. The van der Waals surface area contributed by atoms with E-state index in [-0.39, 0.29) is 16.5 Å². The summed E-state index contributed by atoms with van der Waals surface area (Å²) in [5.41, 5.74) is 6.84. The quantitative estimate of drug-likeness (QED) is 0.905. The summed E-state index contributed by atoms with van der Waals surface area (Å²) in [5, 5.41) is 2.76. The minimum Gasteiger partial charge on any atom is -0.384 e. The minimum absolute atomic E-state index is 0.0665. The molecule has 110 valence electrons. The van der Waals surface area contributed by atoms with E-state index in [2.05, 4.69) is 10.3 Å². The largest absolute Gasteiger partial charge is 0.384 e. The summed E-state index contributed by atoms with van der Waals surface area (Å²) in [6.07, 6.45) is 1.62. The van der Waals surface area contributed by atoms with Crippen molar-refractivity contribution in [1.29, 1.82) is 0 Å². The number of hydrogen-bond acceptors (Lipinski definition) is 3. The van der Waals surface area contributed by atoms with Crippen LogP contribution in [0.2, 0.25) is 5.02 Å². The molecule has 4 nitrogen and oxygen atoms in total. The van der Waals surface area contributed by atoms with E-state index in [1.54, 1.807) is 6.07 Å². The van der Waals surface area contributed by atoms with Crippen LogP contribution in [0.5, 0.6) is 0 Å². The van der Waals surface area contributed by atoms with Gasteiger partial charge in [0.2, 0.25) is 0 Å². The molecule has 0 aliphatic carbocycles. The predicted molar refractivity (Wildman–Crippen MR) is 82.0 cm³/mol. The fraction of sp³-hybridized carbons (Fsp3) is 0.200. The Hall–Kier alpha value is -2.14. The second-order valence-corrected chi connectivity index (χ2v) is 5.04. The lowest BCUT2D eigenvalue weighted by Crippen LogP contribution is -2.14. The number of benzene rings is 1. The van der Waals surface area contributed by atoms with Gasteiger partial charge in [0.1, 0.15) is 11.6 Å². The second kappa shape index (κ2) is 6.54. The van der Waals surface area contributed by atoms with E-state index in [0.29, 0.717) is 5.56 Å². The van der Waals surface area contributed by atoms with Crippen molar-refractivity contribution >= 4 is 29.0 Å². The van der Waals surface area contributed by atoms with E-state index in [1.165, 1.54) is 18.2 Å². The van der Waals surface area contributed by atoms with Gasteiger partial charge in [-0.25, -0.2) is 9.37 Å². The molecule has 0 atom stereocenters. The summed E-state index contributed by atoms with van der Waals surface area (Å²) in [6.45, 7) is 2.01. The van der Waals surface area contributed by atoms with Crippen molar-refractivity contribution in [3.63, 3.8) is 0 Å². The van der Waals surface area contributed by atoms with Crippen molar-refractivity contribution in [2.45, 2.75) is 19.8 Å². The van der Waals surface area contributed by atoms with Gasteiger partial charge >= 0.3 is 0 Å². The average molecular weight is 308 g/mol. The molecule has 0 fully saturated rings. The monoisotopic (exact) mass is 307 g/mol. The van der Waals surface area contributed by atoms with E-state index in [4.69, 9.17) is 17.3 Å². The van der Waals surface area contributed by atoms with E-state index >= 15 is 0 Å². The van der Waals surface area contributed by atoms with Gasteiger partial charge in [-0.1, -0.05) is 24.9 Å². The fourth-order valence-electron chi connectivity index (χ4n) is 1.91. The zero-order valence-corrected chi connectivity index (χ0v) is 12.2. The molecule has 0 saturated heterocycles. The van der Waals surface area contributed by atoms with Crippen LogP contribution in [0.25, 0.3) is 0 Å². The van der Waals surface area contributed by atoms with E-state index < -0.39 is 11.7 Å². The van der Waals surface area contributed by atoms with Crippen molar-refractivity contribution < 1.29 is 9.18 Å². The van der Waals surface area contributed by atoms with Gasteiger partial charge in [0.05, 0.1) is 5.69 Å². The van der Waals surface area contributed by atoms with E-state index in [1.807, 2.05) is 6.92 Å². The summed E-state index contributed by atoms with van der Waals surface area (Å²) in [4.78, 5) is 16.3. The maximum Gasteiger partial charge on any atom is 0.255 e. The van der Waals surface area contributed by atoms with Gasteiger partial charge in [-0.15, -0.1) is 0 Å². The van der Waals surface area contributed by atoms with Gasteiger partial charge in [0.25, 0.3) is 5.91 Å². The van der Waals surface area contributed by atoms with Gasteiger partial charge in [-0.2, -0.15) is 0 Å². The number of halogens is 2. The van der Waals surface area contributed by atoms with Crippen LogP contribution >= 0.6 is 11.6 Å². The molecule has 21 heavy (non-hydrogen) atoms. The Bertz CT molecular complexity index is 676. The molecule has 0 spiro atoms. The van der Waals surface area contributed by atoms with E-state index in [9.17, 15) is 9.18 Å². The zero-order chi connectivity index (χ0) is 15.4. The Kier molecular flexibility index (Phi) is 4.75. The topological polar surface area (TPSA) is 68.0 Å². The smallest absolute Gasteiger partial charge is 0.255 e. The van der Waals surface area contributed by atoms with Crippen molar-refractivity contribution in [2.75, 3.05) is 11.1 Å². The number of rotatable bonds is 4. The zero-order valence-electron chi connectivity index (χ0n) is 11.5. The maximum absolute atomic E-state index is 13.7.